The number of carbonyl (C=O) groups excluding carboxylic acids is 2. The number of benzene rings is 2. The van der Waals surface area contributed by atoms with E-state index in [9.17, 15) is 9.59 Å². The minimum absolute atomic E-state index is 0.0463. The predicted molar refractivity (Wildman–Crippen MR) is 113 cm³/mol. The van der Waals surface area contributed by atoms with Gasteiger partial charge in [0.2, 0.25) is 0 Å². The molecule has 3 aromatic rings. The van der Waals surface area contributed by atoms with E-state index < -0.39 is 0 Å². The highest BCUT2D eigenvalue weighted by molar-refractivity contribution is 6.30. The van der Waals surface area contributed by atoms with Crippen LogP contribution in [0.25, 0.3) is 0 Å². The fraction of sp³-hybridized carbons (Fsp3) is 0.136. The van der Waals surface area contributed by atoms with Crippen molar-refractivity contribution < 1.29 is 19.1 Å². The normalized spacial score (nSPS) is 12.7. The average Bonchev–Trinajstić information content (AvgIpc) is 2.77. The first-order valence-electron chi connectivity index (χ1n) is 9.27. The van der Waals surface area contributed by atoms with E-state index in [0.717, 1.165) is 0 Å². The Labute approximate surface area is 178 Å². The van der Waals surface area contributed by atoms with Crippen molar-refractivity contribution >= 4 is 34.8 Å². The molecule has 2 amide bonds. The van der Waals surface area contributed by atoms with Gasteiger partial charge in [0.1, 0.15) is 18.1 Å². The van der Waals surface area contributed by atoms with Crippen LogP contribution in [0, 0.1) is 0 Å². The van der Waals surface area contributed by atoms with Crippen LogP contribution in [0.5, 0.6) is 11.5 Å². The summed E-state index contributed by atoms with van der Waals surface area (Å²) in [6.07, 6.45) is 3.09. The molecule has 1 aliphatic rings. The van der Waals surface area contributed by atoms with Gasteiger partial charge in [-0.1, -0.05) is 11.6 Å². The number of hydrogen-bond acceptors (Lipinski definition) is 5. The first kappa shape index (κ1) is 19.7. The van der Waals surface area contributed by atoms with E-state index in [0.29, 0.717) is 46.6 Å². The lowest BCUT2D eigenvalue weighted by atomic mass is 10.2. The van der Waals surface area contributed by atoms with Crippen molar-refractivity contribution in [1.29, 1.82) is 0 Å². The van der Waals surface area contributed by atoms with Crippen molar-refractivity contribution in [2.75, 3.05) is 30.0 Å². The van der Waals surface area contributed by atoms with E-state index in [4.69, 9.17) is 21.1 Å². The number of nitrogens with zero attached hydrogens (tertiary/aromatic N) is 2. The van der Waals surface area contributed by atoms with E-state index in [1.807, 2.05) is 0 Å². The van der Waals surface area contributed by atoms with Crippen molar-refractivity contribution in [3.63, 3.8) is 0 Å². The van der Waals surface area contributed by atoms with Gasteiger partial charge in [-0.15, -0.1) is 0 Å². The monoisotopic (exact) mass is 423 g/mol. The Hall–Kier alpha value is -3.58. The van der Waals surface area contributed by atoms with Crippen LogP contribution in [0.15, 0.2) is 67.0 Å². The van der Waals surface area contributed by atoms with Crippen LogP contribution in [-0.2, 0) is 4.79 Å². The van der Waals surface area contributed by atoms with Gasteiger partial charge in [0.05, 0.1) is 17.8 Å². The van der Waals surface area contributed by atoms with Crippen molar-refractivity contribution in [2.45, 2.75) is 0 Å². The van der Waals surface area contributed by atoms with Gasteiger partial charge in [0.15, 0.2) is 6.61 Å². The Morgan fingerprint density at radius 1 is 1.20 bits per heavy atom. The standard InChI is InChI=1S/C22H18ClN3O4/c23-16-3-6-18(7-4-16)29-11-10-26-19-12-17(5-8-20(19)30-14-21(26)27)25-22(28)15-2-1-9-24-13-15/h1-9,12-13H,10-11,14H2,(H,25,28). The molecule has 7 nitrogen and oxygen atoms in total. The van der Waals surface area contributed by atoms with Crippen LogP contribution < -0.4 is 19.7 Å². The Balaban J connectivity index is 1.47. The van der Waals surface area contributed by atoms with Crippen LogP contribution in [0.1, 0.15) is 10.4 Å². The summed E-state index contributed by atoms with van der Waals surface area (Å²) in [5.41, 5.74) is 1.57. The van der Waals surface area contributed by atoms with E-state index in [-0.39, 0.29) is 18.4 Å². The largest absolute Gasteiger partial charge is 0.492 e. The zero-order chi connectivity index (χ0) is 20.9. The van der Waals surface area contributed by atoms with Crippen LogP contribution in [0.4, 0.5) is 11.4 Å². The maximum absolute atomic E-state index is 12.4. The second-order valence-corrected chi connectivity index (χ2v) is 6.95. The highest BCUT2D eigenvalue weighted by Gasteiger charge is 2.26. The average molecular weight is 424 g/mol. The molecule has 1 aromatic heterocycles. The number of aromatic nitrogens is 1. The number of carbonyl (C=O) groups is 2. The summed E-state index contributed by atoms with van der Waals surface area (Å²) in [7, 11) is 0. The van der Waals surface area contributed by atoms with Gasteiger partial charge in [0, 0.05) is 23.1 Å². The third-order valence-electron chi connectivity index (χ3n) is 4.48. The maximum atomic E-state index is 12.4. The molecule has 0 unspecified atom stereocenters. The Morgan fingerprint density at radius 2 is 2.03 bits per heavy atom. The fourth-order valence-corrected chi connectivity index (χ4v) is 3.14. The van der Waals surface area contributed by atoms with Gasteiger partial charge in [-0.2, -0.15) is 0 Å². The summed E-state index contributed by atoms with van der Waals surface area (Å²) < 4.78 is 11.2. The molecular weight excluding hydrogens is 406 g/mol. The molecule has 0 spiro atoms. The Kier molecular flexibility index (Phi) is 5.81. The second kappa shape index (κ2) is 8.84. The summed E-state index contributed by atoms with van der Waals surface area (Å²) in [5.74, 6) is 0.764. The van der Waals surface area contributed by atoms with Gasteiger partial charge in [0.25, 0.3) is 11.8 Å². The van der Waals surface area contributed by atoms with Crippen molar-refractivity contribution in [1.82, 2.24) is 4.98 Å². The zero-order valence-electron chi connectivity index (χ0n) is 15.9. The van der Waals surface area contributed by atoms with Gasteiger partial charge < -0.3 is 19.7 Å². The predicted octanol–water partition coefficient (Wildman–Crippen LogP) is 3.79. The number of rotatable bonds is 6. The van der Waals surface area contributed by atoms with Gasteiger partial charge >= 0.3 is 0 Å². The van der Waals surface area contributed by atoms with Crippen LogP contribution in [0.3, 0.4) is 0 Å². The zero-order valence-corrected chi connectivity index (χ0v) is 16.6. The number of anilines is 2. The third kappa shape index (κ3) is 4.52. The molecule has 2 aromatic carbocycles. The van der Waals surface area contributed by atoms with E-state index in [2.05, 4.69) is 10.3 Å². The lowest BCUT2D eigenvalue weighted by molar-refractivity contribution is -0.121. The Bertz CT molecular complexity index is 1060. The minimum Gasteiger partial charge on any atom is -0.492 e. The molecule has 0 saturated heterocycles. The maximum Gasteiger partial charge on any atom is 0.265 e. The van der Waals surface area contributed by atoms with Crippen molar-refractivity contribution in [3.8, 4) is 11.5 Å². The van der Waals surface area contributed by atoms with Crippen molar-refractivity contribution in [2.24, 2.45) is 0 Å². The van der Waals surface area contributed by atoms with E-state index >= 15 is 0 Å². The number of nitrogens with one attached hydrogen (secondary N) is 1. The summed E-state index contributed by atoms with van der Waals surface area (Å²) in [6.45, 7) is 0.576. The smallest absolute Gasteiger partial charge is 0.265 e. The molecule has 0 saturated carbocycles. The number of pyridine rings is 1. The van der Waals surface area contributed by atoms with Gasteiger partial charge in [-0.25, -0.2) is 0 Å². The molecule has 8 heteroatoms. The molecule has 0 fully saturated rings. The molecular formula is C22H18ClN3O4. The lowest BCUT2D eigenvalue weighted by Gasteiger charge is -2.29. The minimum atomic E-state index is -0.288. The number of halogens is 1. The van der Waals surface area contributed by atoms with Gasteiger partial charge in [-0.3, -0.25) is 14.6 Å². The summed E-state index contributed by atoms with van der Waals surface area (Å²) >= 11 is 5.88. The summed E-state index contributed by atoms with van der Waals surface area (Å²) in [6, 6.07) is 15.5. The first-order chi connectivity index (χ1) is 14.6. The highest BCUT2D eigenvalue weighted by Crippen LogP contribution is 2.34. The topological polar surface area (TPSA) is 80.8 Å². The van der Waals surface area contributed by atoms with Crippen LogP contribution in [-0.4, -0.2) is 36.6 Å². The highest BCUT2D eigenvalue weighted by atomic mass is 35.5. The molecule has 0 aliphatic carbocycles. The van der Waals surface area contributed by atoms with Crippen LogP contribution >= 0.6 is 11.6 Å². The molecule has 152 valence electrons. The fourth-order valence-electron chi connectivity index (χ4n) is 3.01. The third-order valence-corrected chi connectivity index (χ3v) is 4.73. The lowest BCUT2D eigenvalue weighted by Crippen LogP contribution is -2.41. The second-order valence-electron chi connectivity index (χ2n) is 6.51. The number of ether oxygens (including phenoxy) is 2. The number of fused-ring (bicyclic) bond motifs is 1. The Morgan fingerprint density at radius 3 is 2.80 bits per heavy atom. The van der Waals surface area contributed by atoms with Crippen molar-refractivity contribution in [3.05, 3.63) is 77.6 Å². The van der Waals surface area contributed by atoms with E-state index in [1.54, 1.807) is 65.7 Å². The molecule has 0 radical (unpaired) electrons. The molecule has 2 heterocycles. The summed E-state index contributed by atoms with van der Waals surface area (Å²) in [5, 5.41) is 3.44. The number of hydrogen-bond donors (Lipinski definition) is 1. The molecule has 4 rings (SSSR count). The molecule has 1 N–H and O–H groups in total. The van der Waals surface area contributed by atoms with E-state index in [1.165, 1.54) is 6.20 Å². The quantitative estimate of drug-likeness (QED) is 0.652. The van der Waals surface area contributed by atoms with Gasteiger partial charge in [-0.05, 0) is 54.6 Å². The summed E-state index contributed by atoms with van der Waals surface area (Å²) in [4.78, 5) is 30.4. The first-order valence-corrected chi connectivity index (χ1v) is 9.65. The molecule has 0 atom stereocenters. The molecule has 1 aliphatic heterocycles. The SMILES string of the molecule is O=C(Nc1ccc2c(c1)N(CCOc1ccc(Cl)cc1)C(=O)CO2)c1cccnc1. The number of amides is 2. The van der Waals surface area contributed by atoms with Crippen LogP contribution in [0.2, 0.25) is 5.02 Å². The molecule has 0 bridgehead atoms. The molecule has 30 heavy (non-hydrogen) atoms.